The maximum atomic E-state index is 11.2. The number of piperazine rings is 1. The molecule has 2 rings (SSSR count). The van der Waals surface area contributed by atoms with Crippen LogP contribution in [0.3, 0.4) is 0 Å². The Morgan fingerprint density at radius 3 is 2.88 bits per heavy atom. The average molecular weight is 236 g/mol. The first-order valence-electron chi connectivity index (χ1n) is 5.12. The van der Waals surface area contributed by atoms with Crippen LogP contribution in [0.15, 0.2) is 12.4 Å². The van der Waals surface area contributed by atoms with Gasteiger partial charge in [-0.2, -0.15) is 0 Å². The van der Waals surface area contributed by atoms with E-state index in [1.165, 1.54) is 19.5 Å². The number of nitrogens with one attached hydrogen (secondary N) is 1. The molecular weight excluding hydrogens is 224 g/mol. The van der Waals surface area contributed by atoms with E-state index in [2.05, 4.69) is 20.0 Å². The number of methoxy groups -OCH3 is 1. The van der Waals surface area contributed by atoms with Gasteiger partial charge in [0.1, 0.15) is 5.82 Å². The molecule has 0 saturated carbocycles. The molecule has 0 bridgehead atoms. The number of nitrogens with zero attached hydrogens (tertiary/aromatic N) is 3. The summed E-state index contributed by atoms with van der Waals surface area (Å²) in [6.07, 6.45) is 2.80. The van der Waals surface area contributed by atoms with E-state index < -0.39 is 5.97 Å². The standard InChI is InChI=1S/C10H12N4O3/c1-17-10(16)7-4-13-8(5-12-7)14-3-2-11-9(15)6-14/h4-5H,2-3,6H2,1H3,(H,11,15). The number of hydrogen-bond donors (Lipinski definition) is 1. The van der Waals surface area contributed by atoms with Gasteiger partial charge in [0.05, 0.1) is 26.0 Å². The van der Waals surface area contributed by atoms with Crippen molar-refractivity contribution in [1.82, 2.24) is 15.3 Å². The first-order valence-corrected chi connectivity index (χ1v) is 5.12. The van der Waals surface area contributed by atoms with Gasteiger partial charge in [-0.3, -0.25) is 4.79 Å². The Balaban J connectivity index is 2.12. The Labute approximate surface area is 97.8 Å². The molecule has 1 N–H and O–H groups in total. The number of amides is 1. The molecule has 1 aromatic rings. The third-order valence-electron chi connectivity index (χ3n) is 2.40. The molecule has 90 valence electrons. The van der Waals surface area contributed by atoms with E-state index in [0.29, 0.717) is 18.9 Å². The largest absolute Gasteiger partial charge is 0.464 e. The van der Waals surface area contributed by atoms with Crippen molar-refractivity contribution in [3.8, 4) is 0 Å². The predicted octanol–water partition coefficient (Wildman–Crippen LogP) is -0.801. The number of hydrogen-bond acceptors (Lipinski definition) is 6. The predicted molar refractivity (Wildman–Crippen MR) is 58.6 cm³/mol. The second-order valence-electron chi connectivity index (χ2n) is 3.52. The summed E-state index contributed by atoms with van der Waals surface area (Å²) < 4.78 is 4.52. The van der Waals surface area contributed by atoms with Crippen LogP contribution in [0.25, 0.3) is 0 Å². The maximum absolute atomic E-state index is 11.2. The SMILES string of the molecule is COC(=O)c1cnc(N2CCNC(=O)C2)cn1. The van der Waals surface area contributed by atoms with E-state index in [0.717, 1.165) is 0 Å². The minimum atomic E-state index is -0.527. The van der Waals surface area contributed by atoms with Gasteiger partial charge < -0.3 is 15.0 Å². The van der Waals surface area contributed by atoms with E-state index >= 15 is 0 Å². The van der Waals surface area contributed by atoms with Crippen molar-refractivity contribution in [1.29, 1.82) is 0 Å². The zero-order chi connectivity index (χ0) is 12.3. The summed E-state index contributed by atoms with van der Waals surface area (Å²) >= 11 is 0. The molecule has 1 fully saturated rings. The molecule has 0 atom stereocenters. The minimum absolute atomic E-state index is 0.0462. The lowest BCUT2D eigenvalue weighted by atomic mass is 10.3. The Morgan fingerprint density at radius 2 is 2.29 bits per heavy atom. The molecule has 1 saturated heterocycles. The highest BCUT2D eigenvalue weighted by molar-refractivity contribution is 5.87. The summed E-state index contributed by atoms with van der Waals surface area (Å²) in [6, 6.07) is 0. The number of esters is 1. The van der Waals surface area contributed by atoms with E-state index in [1.54, 1.807) is 4.90 Å². The van der Waals surface area contributed by atoms with Crippen molar-refractivity contribution in [3.05, 3.63) is 18.1 Å². The lowest BCUT2D eigenvalue weighted by molar-refractivity contribution is -0.120. The maximum Gasteiger partial charge on any atom is 0.358 e. The molecule has 1 aliphatic rings. The molecule has 2 heterocycles. The highest BCUT2D eigenvalue weighted by Gasteiger charge is 2.18. The average Bonchev–Trinajstić information content (AvgIpc) is 2.38. The fraction of sp³-hybridized carbons (Fsp3) is 0.400. The highest BCUT2D eigenvalue weighted by Crippen LogP contribution is 2.10. The summed E-state index contributed by atoms with van der Waals surface area (Å²) in [6.45, 7) is 1.52. The van der Waals surface area contributed by atoms with Gasteiger partial charge in [0.2, 0.25) is 5.91 Å². The fourth-order valence-corrected chi connectivity index (χ4v) is 1.53. The summed E-state index contributed by atoms with van der Waals surface area (Å²) in [4.78, 5) is 32.2. The zero-order valence-electron chi connectivity index (χ0n) is 9.34. The lowest BCUT2D eigenvalue weighted by Gasteiger charge is -2.27. The van der Waals surface area contributed by atoms with Crippen LogP contribution in [-0.4, -0.2) is 48.6 Å². The van der Waals surface area contributed by atoms with Crippen LogP contribution in [0.4, 0.5) is 5.82 Å². The zero-order valence-corrected chi connectivity index (χ0v) is 9.34. The van der Waals surface area contributed by atoms with E-state index in [9.17, 15) is 9.59 Å². The molecule has 0 spiro atoms. The number of carbonyl (C=O) groups excluding carboxylic acids is 2. The van der Waals surface area contributed by atoms with Gasteiger partial charge in [0, 0.05) is 13.1 Å². The van der Waals surface area contributed by atoms with Crippen molar-refractivity contribution < 1.29 is 14.3 Å². The second kappa shape index (κ2) is 4.77. The van der Waals surface area contributed by atoms with Crippen LogP contribution in [0, 0.1) is 0 Å². The summed E-state index contributed by atoms with van der Waals surface area (Å²) in [5.41, 5.74) is 0.151. The van der Waals surface area contributed by atoms with Crippen LogP contribution >= 0.6 is 0 Å². The molecule has 0 aromatic carbocycles. The van der Waals surface area contributed by atoms with Crippen molar-refractivity contribution in [2.45, 2.75) is 0 Å². The van der Waals surface area contributed by atoms with Gasteiger partial charge >= 0.3 is 5.97 Å². The van der Waals surface area contributed by atoms with Crippen molar-refractivity contribution in [2.75, 3.05) is 31.6 Å². The highest BCUT2D eigenvalue weighted by atomic mass is 16.5. The van der Waals surface area contributed by atoms with Crippen LogP contribution in [0.1, 0.15) is 10.5 Å². The van der Waals surface area contributed by atoms with Crippen molar-refractivity contribution in [2.24, 2.45) is 0 Å². The van der Waals surface area contributed by atoms with E-state index in [4.69, 9.17) is 0 Å². The van der Waals surface area contributed by atoms with E-state index in [-0.39, 0.29) is 18.1 Å². The number of ether oxygens (including phenoxy) is 1. The van der Waals surface area contributed by atoms with Crippen LogP contribution in [0.2, 0.25) is 0 Å². The topological polar surface area (TPSA) is 84.4 Å². The van der Waals surface area contributed by atoms with Crippen molar-refractivity contribution >= 4 is 17.7 Å². The molecule has 0 aliphatic carbocycles. The number of carbonyl (C=O) groups is 2. The summed E-state index contributed by atoms with van der Waals surface area (Å²) in [7, 11) is 1.28. The van der Waals surface area contributed by atoms with Gasteiger partial charge in [-0.15, -0.1) is 0 Å². The molecule has 17 heavy (non-hydrogen) atoms. The summed E-state index contributed by atoms with van der Waals surface area (Å²) in [5.74, 6) is 0.00281. The molecule has 0 unspecified atom stereocenters. The first kappa shape index (κ1) is 11.3. The summed E-state index contributed by atoms with van der Waals surface area (Å²) in [5, 5.41) is 2.72. The number of aromatic nitrogens is 2. The molecular formula is C10H12N4O3. The number of anilines is 1. The Kier molecular flexibility index (Phi) is 3.17. The molecule has 7 heteroatoms. The van der Waals surface area contributed by atoms with Gasteiger partial charge in [0.25, 0.3) is 0 Å². The lowest BCUT2D eigenvalue weighted by Crippen LogP contribution is -2.48. The fourth-order valence-electron chi connectivity index (χ4n) is 1.53. The van der Waals surface area contributed by atoms with E-state index in [1.807, 2.05) is 0 Å². The first-order chi connectivity index (χ1) is 8.20. The third kappa shape index (κ3) is 2.49. The van der Waals surface area contributed by atoms with Gasteiger partial charge in [0.15, 0.2) is 5.69 Å². The minimum Gasteiger partial charge on any atom is -0.464 e. The molecule has 0 radical (unpaired) electrons. The molecule has 1 aliphatic heterocycles. The Hall–Kier alpha value is -2.18. The second-order valence-corrected chi connectivity index (χ2v) is 3.52. The van der Waals surface area contributed by atoms with Crippen molar-refractivity contribution in [3.63, 3.8) is 0 Å². The molecule has 1 amide bonds. The number of rotatable bonds is 2. The Morgan fingerprint density at radius 1 is 1.47 bits per heavy atom. The molecule has 7 nitrogen and oxygen atoms in total. The third-order valence-corrected chi connectivity index (χ3v) is 2.40. The van der Waals surface area contributed by atoms with Gasteiger partial charge in [-0.1, -0.05) is 0 Å². The van der Waals surface area contributed by atoms with Crippen LogP contribution in [-0.2, 0) is 9.53 Å². The Bertz CT molecular complexity index is 432. The van der Waals surface area contributed by atoms with Crippen LogP contribution < -0.4 is 10.2 Å². The van der Waals surface area contributed by atoms with Gasteiger partial charge in [-0.25, -0.2) is 14.8 Å². The smallest absolute Gasteiger partial charge is 0.358 e. The normalized spacial score (nSPS) is 15.4. The van der Waals surface area contributed by atoms with Crippen LogP contribution in [0.5, 0.6) is 0 Å². The quantitative estimate of drug-likeness (QED) is 0.677. The monoisotopic (exact) mass is 236 g/mol. The molecule has 1 aromatic heterocycles. The van der Waals surface area contributed by atoms with Gasteiger partial charge in [-0.05, 0) is 0 Å².